The average Bonchev–Trinajstić information content (AvgIpc) is 2.35. The number of hydrogen-bond donors (Lipinski definition) is 0. The normalized spacial score (nSPS) is 19.2. The van der Waals surface area contributed by atoms with Crippen molar-refractivity contribution in [2.24, 2.45) is 11.8 Å². The van der Waals surface area contributed by atoms with Gasteiger partial charge in [0.25, 0.3) is 0 Å². The number of thioether (sulfide) groups is 1. The Labute approximate surface area is 115 Å². The standard InChI is InChI=1S/C13H19F3O2S/c1-2-19-12(18)10(13(14,15)16)8-11(17)9-6-4-3-5-7-9/h9-10H,2-8H2,1H3. The van der Waals surface area contributed by atoms with Gasteiger partial charge in [-0.15, -0.1) is 0 Å². The number of hydrogen-bond acceptors (Lipinski definition) is 3. The summed E-state index contributed by atoms with van der Waals surface area (Å²) < 4.78 is 38.5. The molecular formula is C13H19F3O2S. The largest absolute Gasteiger partial charge is 0.399 e. The van der Waals surface area contributed by atoms with Crippen molar-refractivity contribution in [3.63, 3.8) is 0 Å². The van der Waals surface area contributed by atoms with Crippen LogP contribution >= 0.6 is 11.8 Å². The van der Waals surface area contributed by atoms with Crippen LogP contribution in [0.4, 0.5) is 13.2 Å². The monoisotopic (exact) mass is 296 g/mol. The number of carbonyl (C=O) groups excluding carboxylic acids is 2. The van der Waals surface area contributed by atoms with E-state index in [2.05, 4.69) is 0 Å². The number of alkyl halides is 3. The molecule has 1 aliphatic carbocycles. The van der Waals surface area contributed by atoms with E-state index in [1.54, 1.807) is 6.92 Å². The van der Waals surface area contributed by atoms with E-state index in [1.807, 2.05) is 0 Å². The molecule has 0 amide bonds. The predicted molar refractivity (Wildman–Crippen MR) is 68.9 cm³/mol. The molecule has 1 aliphatic rings. The van der Waals surface area contributed by atoms with E-state index in [-0.39, 0.29) is 5.92 Å². The smallest absolute Gasteiger partial charge is 0.299 e. The fraction of sp³-hybridized carbons (Fsp3) is 0.846. The van der Waals surface area contributed by atoms with Crippen molar-refractivity contribution in [3.05, 3.63) is 0 Å². The Morgan fingerprint density at radius 3 is 2.26 bits per heavy atom. The van der Waals surface area contributed by atoms with Crippen LogP contribution in [0.15, 0.2) is 0 Å². The van der Waals surface area contributed by atoms with E-state index in [1.165, 1.54) is 0 Å². The van der Waals surface area contributed by atoms with Gasteiger partial charge in [0.15, 0.2) is 0 Å². The molecular weight excluding hydrogens is 277 g/mol. The lowest BCUT2D eigenvalue weighted by atomic mass is 9.83. The van der Waals surface area contributed by atoms with Crippen LogP contribution in [0.5, 0.6) is 0 Å². The number of halogens is 3. The van der Waals surface area contributed by atoms with Gasteiger partial charge in [0.05, 0.1) is 0 Å². The molecule has 0 aliphatic heterocycles. The second-order valence-corrected chi connectivity index (χ2v) is 6.12. The Bertz CT molecular complexity index is 322. The molecule has 1 saturated carbocycles. The summed E-state index contributed by atoms with van der Waals surface area (Å²) in [7, 11) is 0. The molecule has 0 N–H and O–H groups in total. The topological polar surface area (TPSA) is 34.1 Å². The van der Waals surface area contributed by atoms with E-state index in [0.29, 0.717) is 30.4 Å². The molecule has 6 heteroatoms. The van der Waals surface area contributed by atoms with Crippen molar-refractivity contribution in [3.8, 4) is 0 Å². The van der Waals surface area contributed by atoms with Gasteiger partial charge in [-0.1, -0.05) is 37.9 Å². The molecule has 1 atom stereocenters. The fourth-order valence-electron chi connectivity index (χ4n) is 2.37. The molecule has 1 rings (SSSR count). The van der Waals surface area contributed by atoms with Gasteiger partial charge in [-0.2, -0.15) is 13.2 Å². The van der Waals surface area contributed by atoms with E-state index in [0.717, 1.165) is 19.3 Å². The molecule has 0 saturated heterocycles. The first kappa shape index (κ1) is 16.5. The van der Waals surface area contributed by atoms with Crippen molar-refractivity contribution in [1.82, 2.24) is 0 Å². The van der Waals surface area contributed by atoms with Crippen molar-refractivity contribution in [1.29, 1.82) is 0 Å². The van der Waals surface area contributed by atoms with Gasteiger partial charge >= 0.3 is 6.18 Å². The highest BCUT2D eigenvalue weighted by molar-refractivity contribution is 8.13. The molecule has 0 bridgehead atoms. The van der Waals surface area contributed by atoms with E-state index >= 15 is 0 Å². The van der Waals surface area contributed by atoms with Gasteiger partial charge in [0.2, 0.25) is 5.12 Å². The minimum atomic E-state index is -4.62. The summed E-state index contributed by atoms with van der Waals surface area (Å²) in [5.41, 5.74) is 0. The first-order valence-corrected chi connectivity index (χ1v) is 7.61. The van der Waals surface area contributed by atoms with Crippen molar-refractivity contribution in [2.45, 2.75) is 51.6 Å². The van der Waals surface area contributed by atoms with E-state index < -0.39 is 29.4 Å². The van der Waals surface area contributed by atoms with Crippen LogP contribution in [0.25, 0.3) is 0 Å². The molecule has 0 aromatic carbocycles. The molecule has 0 aromatic rings. The zero-order chi connectivity index (χ0) is 14.5. The maximum atomic E-state index is 12.8. The Morgan fingerprint density at radius 2 is 1.79 bits per heavy atom. The van der Waals surface area contributed by atoms with Gasteiger partial charge in [-0.3, -0.25) is 9.59 Å². The summed E-state index contributed by atoms with van der Waals surface area (Å²) in [6.45, 7) is 1.62. The summed E-state index contributed by atoms with van der Waals surface area (Å²) in [6.07, 6.45) is -1.15. The Morgan fingerprint density at radius 1 is 1.21 bits per heavy atom. The third kappa shape index (κ3) is 5.16. The molecule has 19 heavy (non-hydrogen) atoms. The van der Waals surface area contributed by atoms with E-state index in [9.17, 15) is 22.8 Å². The second kappa shape index (κ2) is 7.31. The number of rotatable bonds is 5. The lowest BCUT2D eigenvalue weighted by Gasteiger charge is -2.23. The zero-order valence-electron chi connectivity index (χ0n) is 11.0. The minimum Gasteiger partial charge on any atom is -0.299 e. The Kier molecular flexibility index (Phi) is 6.36. The van der Waals surface area contributed by atoms with Gasteiger partial charge in [-0.25, -0.2) is 0 Å². The quantitative estimate of drug-likeness (QED) is 0.769. The van der Waals surface area contributed by atoms with Crippen LogP contribution in [0.1, 0.15) is 45.4 Å². The molecule has 110 valence electrons. The lowest BCUT2D eigenvalue weighted by molar-refractivity contribution is -0.180. The third-order valence-corrected chi connectivity index (χ3v) is 4.29. The Balaban J connectivity index is 2.66. The molecule has 0 aromatic heterocycles. The Hall–Kier alpha value is -0.520. The molecule has 0 heterocycles. The zero-order valence-corrected chi connectivity index (χ0v) is 11.8. The highest BCUT2D eigenvalue weighted by Gasteiger charge is 2.46. The first-order valence-electron chi connectivity index (χ1n) is 6.62. The minimum absolute atomic E-state index is 0.280. The van der Waals surface area contributed by atoms with Gasteiger partial charge in [0.1, 0.15) is 11.7 Å². The highest BCUT2D eigenvalue weighted by atomic mass is 32.2. The van der Waals surface area contributed by atoms with Crippen LogP contribution in [-0.4, -0.2) is 22.8 Å². The molecule has 1 fully saturated rings. The van der Waals surface area contributed by atoms with Gasteiger partial charge < -0.3 is 0 Å². The predicted octanol–water partition coefficient (Wildman–Crippen LogP) is 3.98. The molecule has 0 radical (unpaired) electrons. The lowest BCUT2D eigenvalue weighted by Crippen LogP contribution is -2.33. The van der Waals surface area contributed by atoms with Crippen LogP contribution in [0.2, 0.25) is 0 Å². The van der Waals surface area contributed by atoms with Crippen molar-refractivity contribution >= 4 is 22.7 Å². The summed E-state index contributed by atoms with van der Waals surface area (Å²) >= 11 is 0.644. The second-order valence-electron chi connectivity index (χ2n) is 4.85. The number of Topliss-reactive ketones (excluding diaryl/α,β-unsaturated/α-hetero) is 1. The summed E-state index contributed by atoms with van der Waals surface area (Å²) in [4.78, 5) is 23.4. The van der Waals surface area contributed by atoms with Crippen LogP contribution < -0.4 is 0 Å². The maximum Gasteiger partial charge on any atom is 0.399 e. The first-order chi connectivity index (χ1) is 8.86. The SMILES string of the molecule is CCSC(=O)C(CC(=O)C1CCCCC1)C(F)(F)F. The fourth-order valence-corrected chi connectivity index (χ4v) is 3.07. The van der Waals surface area contributed by atoms with Crippen molar-refractivity contribution in [2.75, 3.05) is 5.75 Å². The molecule has 2 nitrogen and oxygen atoms in total. The van der Waals surface area contributed by atoms with Gasteiger partial charge in [-0.05, 0) is 18.6 Å². The third-order valence-electron chi connectivity index (χ3n) is 3.43. The number of carbonyl (C=O) groups is 2. The summed E-state index contributed by atoms with van der Waals surface area (Å²) in [5, 5.41) is -0.931. The molecule has 0 spiro atoms. The van der Waals surface area contributed by atoms with Crippen LogP contribution in [0.3, 0.4) is 0 Å². The van der Waals surface area contributed by atoms with E-state index in [4.69, 9.17) is 0 Å². The molecule has 1 unspecified atom stereocenters. The average molecular weight is 296 g/mol. The maximum absolute atomic E-state index is 12.8. The number of ketones is 1. The summed E-state index contributed by atoms with van der Waals surface area (Å²) in [5.74, 6) is -2.51. The van der Waals surface area contributed by atoms with Crippen LogP contribution in [-0.2, 0) is 9.59 Å². The van der Waals surface area contributed by atoms with Crippen LogP contribution in [0, 0.1) is 11.8 Å². The highest BCUT2D eigenvalue weighted by Crippen LogP contribution is 2.35. The summed E-state index contributed by atoms with van der Waals surface area (Å²) in [6, 6.07) is 0. The van der Waals surface area contributed by atoms with Gasteiger partial charge in [0, 0.05) is 12.3 Å². The van der Waals surface area contributed by atoms with Crippen molar-refractivity contribution < 1.29 is 22.8 Å².